The molecule has 10 rings (SSSR count). The van der Waals surface area contributed by atoms with Gasteiger partial charge in [0.2, 0.25) is 65.0 Å². The van der Waals surface area contributed by atoms with Crippen LogP contribution in [-0.2, 0) is 96.2 Å². The summed E-state index contributed by atoms with van der Waals surface area (Å²) in [6.07, 6.45) is 2.43. The fourth-order valence-electron chi connectivity index (χ4n) is 11.8. The second-order valence-electron chi connectivity index (χ2n) is 24.1. The zero-order valence-corrected chi connectivity index (χ0v) is 52.6. The number of carboxylic acid groups (broad SMARTS) is 1. The van der Waals surface area contributed by atoms with Crippen LogP contribution in [0.3, 0.4) is 0 Å². The smallest absolute Gasteiger partial charge is 0.305 e. The summed E-state index contributed by atoms with van der Waals surface area (Å²) in [4.78, 5) is 183. The summed E-state index contributed by atoms with van der Waals surface area (Å²) in [6.45, 7) is 1.76. The largest absolute Gasteiger partial charge is 0.508 e. The number of nitrogens with one attached hydrogen (secondary N) is 12. The van der Waals surface area contributed by atoms with E-state index < -0.39 is 163 Å². The van der Waals surface area contributed by atoms with Crippen LogP contribution in [0.4, 0.5) is 8.78 Å². The number of halogens is 2. The molecule has 8 atom stereocenters. The third-order valence-corrected chi connectivity index (χ3v) is 17.0. The number of aromatic amines is 3. The van der Waals surface area contributed by atoms with Crippen molar-refractivity contribution in [3.05, 3.63) is 155 Å². The molecular weight excluding hydrogens is 1260 g/mol. The second-order valence-corrected chi connectivity index (χ2v) is 24.1. The molecule has 97 heavy (non-hydrogen) atoms. The number of phenols is 1. The molecular formula is C66H73F2N15O14. The molecule has 2 bridgehead atoms. The Morgan fingerprint density at radius 1 is 0.649 bits per heavy atom. The number of aromatic hydroxyl groups is 1. The van der Waals surface area contributed by atoms with E-state index in [9.17, 15) is 71.7 Å². The van der Waals surface area contributed by atoms with E-state index >= 15 is 4.79 Å². The van der Waals surface area contributed by atoms with Crippen molar-refractivity contribution in [2.75, 3.05) is 13.1 Å². The number of benzene rings is 4. The number of phenolic OH excluding ortho intramolecular Hbond substituents is 1. The summed E-state index contributed by atoms with van der Waals surface area (Å²) in [6, 6.07) is 8.27. The fourth-order valence-corrected chi connectivity index (χ4v) is 11.8. The van der Waals surface area contributed by atoms with E-state index in [1.54, 1.807) is 24.3 Å². The quantitative estimate of drug-likeness (QED) is 0.0725. The molecule has 1 saturated heterocycles. The highest BCUT2D eigenvalue weighted by Gasteiger charge is 2.49. The number of carbonyl (C=O) groups is 12. The Bertz CT molecular complexity index is 4120. The SMILES string of the molecule is CC(=O)N[C@@H]1CCC(=O)NCc2ccc(cc2)C[C@@H](C(N)=O)NC(=O)[C@]2(C)CCCN2C(=O)[C@H](Cc2ccc(O)cc2)NC(=O)[C@H](Cc2cnc[nH]2)NC(=O)[C@H](CC(=O)O)NC(=O)[C@H](Cc2c[nH]c3ccc(F)cc23)NC(=O)[C@H](Cc2c[nH]c3ccc(F)cc23)NC(=O)CNC1=O. The van der Waals surface area contributed by atoms with Gasteiger partial charge in [0, 0.05) is 105 Å². The molecule has 31 heteroatoms. The highest BCUT2D eigenvalue weighted by molar-refractivity contribution is 6.01. The van der Waals surface area contributed by atoms with Crippen LogP contribution in [0.15, 0.2) is 110 Å². The number of aliphatic carboxylic acids is 1. The molecule has 29 nitrogen and oxygen atoms in total. The summed E-state index contributed by atoms with van der Waals surface area (Å²) in [5, 5.41) is 44.0. The van der Waals surface area contributed by atoms with Crippen molar-refractivity contribution >= 4 is 92.8 Å². The number of amides is 11. The van der Waals surface area contributed by atoms with E-state index in [-0.39, 0.29) is 85.0 Å². The van der Waals surface area contributed by atoms with Gasteiger partial charge in [-0.1, -0.05) is 36.4 Å². The topological polar surface area (TPSA) is 443 Å². The Labute approximate surface area is 552 Å². The van der Waals surface area contributed by atoms with Crippen molar-refractivity contribution in [2.24, 2.45) is 5.73 Å². The number of carboxylic acids is 1. The van der Waals surface area contributed by atoms with E-state index in [1.807, 2.05) is 0 Å². The Morgan fingerprint density at radius 3 is 1.79 bits per heavy atom. The third-order valence-electron chi connectivity index (χ3n) is 17.0. The monoisotopic (exact) mass is 1340 g/mol. The van der Waals surface area contributed by atoms with Crippen molar-refractivity contribution in [3.63, 3.8) is 0 Å². The molecule has 16 N–H and O–H groups in total. The molecule has 0 unspecified atom stereocenters. The van der Waals surface area contributed by atoms with Crippen LogP contribution in [0.1, 0.15) is 79.5 Å². The number of H-pyrrole nitrogens is 3. The molecule has 6 heterocycles. The van der Waals surface area contributed by atoms with Crippen molar-refractivity contribution in [1.29, 1.82) is 0 Å². The van der Waals surface area contributed by atoms with E-state index in [4.69, 9.17) is 5.73 Å². The Kier molecular flexibility index (Phi) is 22.4. The number of primary amides is 1. The molecule has 4 aromatic carbocycles. The van der Waals surface area contributed by atoms with Gasteiger partial charge in [0.15, 0.2) is 0 Å². The lowest BCUT2D eigenvalue weighted by Crippen LogP contribution is -2.63. The summed E-state index contributed by atoms with van der Waals surface area (Å²) in [5.74, 6) is -13.3. The molecule has 0 saturated carbocycles. The standard InChI is InChI=1S/C66H73F2N15O14/c1-34(84)76-48-16-17-55(86)73-28-37-6-4-35(5-7-37)20-49(58(69)90)82-65(97)66(2)18-3-19-83(66)64(96)54(21-36-8-12-43(85)13-9-36)81-62(94)52(26-42-31-70-33-75-42)79-63(95)53(27-57(88)89)80-61(93)51(23-39-30-72-47-15-11-41(68)25-45(39)47)78-60(92)50(77-56(87)32-74-59(48)91)22-38-29-71-46-14-10-40(67)24-44(38)46/h4-15,24-25,29-31,33,48-54,71-72,85H,3,16-23,26-28,32H2,1-2H3,(H2,69,90)(H,70,75)(H,73,86)(H,74,91)(H,76,84)(H,77,87)(H,78,92)(H,79,95)(H,80,93)(H,81,94)(H,82,97)(H,88,89)/t48-,49+,50+,51+,52+,53+,54+,66+/m1/s1. The molecule has 3 aliphatic heterocycles. The van der Waals surface area contributed by atoms with Gasteiger partial charge in [0.05, 0.1) is 19.3 Å². The Morgan fingerprint density at radius 2 is 1.22 bits per heavy atom. The number of aromatic nitrogens is 4. The minimum atomic E-state index is -2.06. The first-order valence-corrected chi connectivity index (χ1v) is 31.1. The molecule has 510 valence electrons. The molecule has 11 amide bonds. The molecule has 1 fully saturated rings. The van der Waals surface area contributed by atoms with Crippen LogP contribution in [0.2, 0.25) is 0 Å². The number of nitrogens with zero attached hydrogens (tertiary/aromatic N) is 2. The summed E-state index contributed by atoms with van der Waals surface area (Å²) in [7, 11) is 0. The highest BCUT2D eigenvalue weighted by Crippen LogP contribution is 2.31. The second kappa shape index (κ2) is 31.1. The van der Waals surface area contributed by atoms with Gasteiger partial charge in [-0.15, -0.1) is 0 Å². The number of hydrogen-bond donors (Lipinski definition) is 15. The highest BCUT2D eigenvalue weighted by atomic mass is 19.1. The first-order valence-electron chi connectivity index (χ1n) is 31.1. The zero-order chi connectivity index (χ0) is 69.7. The van der Waals surface area contributed by atoms with Crippen LogP contribution in [0, 0.1) is 11.6 Å². The number of carbonyl (C=O) groups excluding carboxylic acids is 11. The summed E-state index contributed by atoms with van der Waals surface area (Å²) >= 11 is 0. The van der Waals surface area contributed by atoms with Gasteiger partial charge in [-0.05, 0) is 103 Å². The molecule has 0 spiro atoms. The molecule has 3 aromatic heterocycles. The summed E-state index contributed by atoms with van der Waals surface area (Å²) < 4.78 is 29.7. The average Bonchev–Trinajstić information content (AvgIpc) is 1.69. The average molecular weight is 1340 g/mol. The van der Waals surface area contributed by atoms with Gasteiger partial charge in [-0.2, -0.15) is 0 Å². The number of imidazole rings is 1. The maximum atomic E-state index is 15.2. The minimum absolute atomic E-state index is 0.00979. The molecule has 0 aliphatic carbocycles. The van der Waals surface area contributed by atoms with Gasteiger partial charge in [-0.25, -0.2) is 13.8 Å². The minimum Gasteiger partial charge on any atom is -0.508 e. The van der Waals surface area contributed by atoms with Crippen LogP contribution in [0.5, 0.6) is 5.75 Å². The third kappa shape index (κ3) is 18.2. The molecule has 7 aromatic rings. The van der Waals surface area contributed by atoms with Gasteiger partial charge >= 0.3 is 5.97 Å². The maximum absolute atomic E-state index is 15.2. The molecule has 0 radical (unpaired) electrons. The predicted octanol–water partition coefficient (Wildman–Crippen LogP) is 0.150. The van der Waals surface area contributed by atoms with Crippen LogP contribution in [0.25, 0.3) is 21.8 Å². The zero-order valence-electron chi connectivity index (χ0n) is 52.6. The van der Waals surface area contributed by atoms with Crippen molar-refractivity contribution in [2.45, 2.75) is 132 Å². The van der Waals surface area contributed by atoms with Crippen molar-refractivity contribution in [3.8, 4) is 5.75 Å². The lowest BCUT2D eigenvalue weighted by molar-refractivity contribution is -0.147. The number of hydrogen-bond acceptors (Lipinski definition) is 14. The van der Waals surface area contributed by atoms with E-state index in [1.165, 1.54) is 85.3 Å². The fraction of sp³-hybridized carbons (Fsp3) is 0.348. The van der Waals surface area contributed by atoms with Gasteiger partial charge < -0.3 is 83.6 Å². The van der Waals surface area contributed by atoms with Gasteiger partial charge in [0.25, 0.3) is 0 Å². The van der Waals surface area contributed by atoms with Crippen LogP contribution >= 0.6 is 0 Å². The van der Waals surface area contributed by atoms with Crippen LogP contribution in [-0.4, -0.2) is 167 Å². The van der Waals surface area contributed by atoms with Crippen LogP contribution < -0.4 is 53.6 Å². The van der Waals surface area contributed by atoms with E-state index in [0.717, 1.165) is 19.1 Å². The maximum Gasteiger partial charge on any atom is 0.305 e. The Balaban J connectivity index is 1.08. The van der Waals surface area contributed by atoms with Crippen molar-refractivity contribution < 1.29 is 76.5 Å². The number of nitrogens with two attached hydrogens (primary N) is 1. The molecule has 3 aliphatic rings. The van der Waals surface area contributed by atoms with E-state index in [2.05, 4.69) is 67.8 Å². The lowest BCUT2D eigenvalue weighted by Gasteiger charge is -2.37. The van der Waals surface area contributed by atoms with Gasteiger partial charge in [0.1, 0.15) is 65.2 Å². The first-order chi connectivity index (χ1) is 46.3. The predicted molar refractivity (Wildman–Crippen MR) is 342 cm³/mol. The van der Waals surface area contributed by atoms with Gasteiger partial charge in [-0.3, -0.25) is 57.5 Å². The number of rotatable bonds is 12. The Hall–Kier alpha value is -11.5. The van der Waals surface area contributed by atoms with E-state index in [0.29, 0.717) is 27.7 Å². The first kappa shape index (κ1) is 69.8. The van der Waals surface area contributed by atoms with Crippen molar-refractivity contribution in [1.82, 2.24) is 72.7 Å². The summed E-state index contributed by atoms with van der Waals surface area (Å²) in [5.41, 5.74) is 7.32. The lowest BCUT2D eigenvalue weighted by atomic mass is 9.94. The number of fused-ring (bicyclic) bond motifs is 31. The normalized spacial score (nSPS) is 22.7.